The summed E-state index contributed by atoms with van der Waals surface area (Å²) in [6, 6.07) is 5.98. The third-order valence-corrected chi connectivity index (χ3v) is 6.18. The molecule has 0 radical (unpaired) electrons. The highest BCUT2D eigenvalue weighted by Gasteiger charge is 2.23. The molecule has 8 heteroatoms. The van der Waals surface area contributed by atoms with Crippen LogP contribution in [-0.4, -0.2) is 93.1 Å². The lowest BCUT2D eigenvalue weighted by Gasteiger charge is -2.37. The van der Waals surface area contributed by atoms with Crippen LogP contribution in [0.3, 0.4) is 0 Å². The summed E-state index contributed by atoms with van der Waals surface area (Å²) >= 11 is 0. The quantitative estimate of drug-likeness (QED) is 0.513. The first-order valence-corrected chi connectivity index (χ1v) is 11.9. The molecule has 1 amide bonds. The first-order valence-electron chi connectivity index (χ1n) is 11.9. The van der Waals surface area contributed by atoms with Gasteiger partial charge in [0.1, 0.15) is 0 Å². The molecule has 0 saturated carbocycles. The van der Waals surface area contributed by atoms with Crippen LogP contribution in [0.25, 0.3) is 0 Å². The molecule has 0 aromatic heterocycles. The highest BCUT2D eigenvalue weighted by Crippen LogP contribution is 2.28. The molecule has 1 N–H and O–H groups in total. The van der Waals surface area contributed by atoms with Gasteiger partial charge in [0.15, 0.2) is 17.5 Å². The summed E-state index contributed by atoms with van der Waals surface area (Å²) in [4.78, 5) is 23.8. The predicted octanol–water partition coefficient (Wildman–Crippen LogP) is 2.19. The molecular formula is C24H39N5O3. The highest BCUT2D eigenvalue weighted by molar-refractivity contribution is 5.80. The van der Waals surface area contributed by atoms with Crippen molar-refractivity contribution < 1.29 is 14.3 Å². The molecule has 3 rings (SSSR count). The number of likely N-dealkylation sites (tertiary alicyclic amines) is 1. The van der Waals surface area contributed by atoms with E-state index in [4.69, 9.17) is 9.47 Å². The molecule has 2 heterocycles. The molecule has 2 aliphatic heterocycles. The maximum absolute atomic E-state index is 12.7. The van der Waals surface area contributed by atoms with Crippen molar-refractivity contribution in [3.05, 3.63) is 23.8 Å². The molecule has 1 aromatic carbocycles. The fourth-order valence-electron chi connectivity index (χ4n) is 4.34. The van der Waals surface area contributed by atoms with Crippen LogP contribution in [0.15, 0.2) is 23.2 Å². The third kappa shape index (κ3) is 6.76. The number of guanidine groups is 1. The number of hydrogen-bond donors (Lipinski definition) is 1. The number of rotatable bonds is 7. The Morgan fingerprint density at radius 1 is 1.00 bits per heavy atom. The number of methoxy groups -OCH3 is 1. The van der Waals surface area contributed by atoms with Crippen molar-refractivity contribution in [3.8, 4) is 11.5 Å². The van der Waals surface area contributed by atoms with Gasteiger partial charge in [-0.05, 0) is 37.5 Å². The van der Waals surface area contributed by atoms with Gasteiger partial charge in [-0.15, -0.1) is 0 Å². The minimum Gasteiger partial charge on any atom is -0.493 e. The lowest BCUT2D eigenvalue weighted by atomic mass is 10.2. The second-order valence-corrected chi connectivity index (χ2v) is 8.38. The van der Waals surface area contributed by atoms with E-state index in [1.165, 1.54) is 12.8 Å². The van der Waals surface area contributed by atoms with E-state index in [1.54, 1.807) is 7.11 Å². The molecule has 2 saturated heterocycles. The molecule has 0 atom stereocenters. The lowest BCUT2D eigenvalue weighted by molar-refractivity contribution is -0.132. The van der Waals surface area contributed by atoms with Crippen molar-refractivity contribution in [1.29, 1.82) is 0 Å². The Morgan fingerprint density at radius 3 is 2.34 bits per heavy atom. The molecule has 1 aromatic rings. The number of ether oxygens (including phenoxy) is 2. The molecule has 2 aliphatic rings. The molecule has 0 aliphatic carbocycles. The van der Waals surface area contributed by atoms with Crippen molar-refractivity contribution in [2.45, 2.75) is 39.2 Å². The number of nitrogens with zero attached hydrogens (tertiary/aromatic N) is 4. The van der Waals surface area contributed by atoms with E-state index in [1.807, 2.05) is 32.2 Å². The van der Waals surface area contributed by atoms with Gasteiger partial charge >= 0.3 is 0 Å². The number of carbonyl (C=O) groups excluding carboxylic acids is 1. The lowest BCUT2D eigenvalue weighted by Crippen LogP contribution is -2.54. The summed E-state index contributed by atoms with van der Waals surface area (Å²) in [6.07, 6.45) is 4.78. The zero-order chi connectivity index (χ0) is 22.8. The van der Waals surface area contributed by atoms with Gasteiger partial charge in [-0.25, -0.2) is 0 Å². The minimum atomic E-state index is 0.285. The molecule has 8 nitrogen and oxygen atoms in total. The van der Waals surface area contributed by atoms with Gasteiger partial charge in [0.2, 0.25) is 5.91 Å². The second-order valence-electron chi connectivity index (χ2n) is 8.38. The van der Waals surface area contributed by atoms with Crippen LogP contribution >= 0.6 is 0 Å². The van der Waals surface area contributed by atoms with Gasteiger partial charge in [0.25, 0.3) is 0 Å². The van der Waals surface area contributed by atoms with Crippen LogP contribution in [0.2, 0.25) is 0 Å². The van der Waals surface area contributed by atoms with Crippen LogP contribution in [0, 0.1) is 0 Å². The summed E-state index contributed by atoms with van der Waals surface area (Å²) < 4.78 is 11.1. The molecular weight excluding hydrogens is 406 g/mol. The van der Waals surface area contributed by atoms with Crippen LogP contribution in [0.5, 0.6) is 11.5 Å². The molecule has 2 fully saturated rings. The Morgan fingerprint density at radius 2 is 1.72 bits per heavy atom. The third-order valence-electron chi connectivity index (χ3n) is 6.18. The number of aliphatic imine (C=N–C) groups is 1. The van der Waals surface area contributed by atoms with Crippen LogP contribution in [-0.2, 0) is 11.3 Å². The summed E-state index contributed by atoms with van der Waals surface area (Å²) in [6.45, 7) is 9.06. The Kier molecular flexibility index (Phi) is 9.46. The fraction of sp³-hybridized carbons (Fsp3) is 0.667. The number of amides is 1. The number of benzene rings is 1. The van der Waals surface area contributed by atoms with Crippen molar-refractivity contribution in [3.63, 3.8) is 0 Å². The van der Waals surface area contributed by atoms with Gasteiger partial charge in [-0.3, -0.25) is 14.7 Å². The highest BCUT2D eigenvalue weighted by atomic mass is 16.5. The molecule has 178 valence electrons. The predicted molar refractivity (Wildman–Crippen MR) is 127 cm³/mol. The molecule has 0 unspecified atom stereocenters. The van der Waals surface area contributed by atoms with Crippen molar-refractivity contribution in [2.75, 3.05) is 66.6 Å². The van der Waals surface area contributed by atoms with E-state index < -0.39 is 0 Å². The Labute approximate surface area is 192 Å². The summed E-state index contributed by atoms with van der Waals surface area (Å²) in [7, 11) is 3.47. The molecule has 0 spiro atoms. The first kappa shape index (κ1) is 24.2. The smallest absolute Gasteiger partial charge is 0.236 e. The van der Waals surface area contributed by atoms with E-state index in [2.05, 4.69) is 25.0 Å². The number of nitrogens with one attached hydrogen (secondary N) is 1. The number of hydrogen-bond acceptors (Lipinski definition) is 5. The van der Waals surface area contributed by atoms with E-state index in [0.717, 1.165) is 75.1 Å². The Bertz CT molecular complexity index is 754. The number of carbonyl (C=O) groups is 1. The van der Waals surface area contributed by atoms with E-state index in [-0.39, 0.29) is 5.91 Å². The average molecular weight is 446 g/mol. The van der Waals surface area contributed by atoms with E-state index >= 15 is 0 Å². The topological polar surface area (TPSA) is 69.6 Å². The van der Waals surface area contributed by atoms with Gasteiger partial charge in [-0.1, -0.05) is 18.9 Å². The number of piperazine rings is 1. The largest absolute Gasteiger partial charge is 0.493 e. The Hall–Kier alpha value is -2.48. The average Bonchev–Trinajstić information content (AvgIpc) is 3.11. The maximum Gasteiger partial charge on any atom is 0.236 e. The zero-order valence-electron chi connectivity index (χ0n) is 19.9. The summed E-state index contributed by atoms with van der Waals surface area (Å²) in [5.41, 5.74) is 1.11. The van der Waals surface area contributed by atoms with E-state index in [9.17, 15) is 4.79 Å². The van der Waals surface area contributed by atoms with Crippen molar-refractivity contribution >= 4 is 11.9 Å². The van der Waals surface area contributed by atoms with Gasteiger partial charge in [0, 0.05) is 52.9 Å². The summed E-state index contributed by atoms with van der Waals surface area (Å²) in [5, 5.41) is 3.46. The van der Waals surface area contributed by atoms with Crippen LogP contribution in [0.1, 0.15) is 38.2 Å². The standard InChI is InChI=1S/C24H39N5O3/c1-4-32-22-17-20(9-10-21(22)31-3)18-26-24(25-2)29-15-13-27(14-16-29)19-23(30)28-11-7-5-6-8-12-28/h9-10,17H,4-8,11-16,18-19H2,1-3H3,(H,25,26). The van der Waals surface area contributed by atoms with Crippen LogP contribution < -0.4 is 14.8 Å². The SMILES string of the molecule is CCOc1cc(CNC(=NC)N2CCN(CC(=O)N3CCCCCC3)CC2)ccc1OC. The fourth-order valence-corrected chi connectivity index (χ4v) is 4.34. The maximum atomic E-state index is 12.7. The zero-order valence-corrected chi connectivity index (χ0v) is 19.9. The van der Waals surface area contributed by atoms with Crippen LogP contribution in [0.4, 0.5) is 0 Å². The molecule has 32 heavy (non-hydrogen) atoms. The molecule has 0 bridgehead atoms. The first-order chi connectivity index (χ1) is 15.6. The van der Waals surface area contributed by atoms with Crippen molar-refractivity contribution in [1.82, 2.24) is 20.0 Å². The van der Waals surface area contributed by atoms with Gasteiger partial charge in [-0.2, -0.15) is 0 Å². The normalized spacial score (nSPS) is 18.3. The van der Waals surface area contributed by atoms with Crippen molar-refractivity contribution in [2.24, 2.45) is 4.99 Å². The summed E-state index contributed by atoms with van der Waals surface area (Å²) in [5.74, 6) is 2.67. The monoisotopic (exact) mass is 445 g/mol. The Balaban J connectivity index is 1.46. The second kappa shape index (κ2) is 12.5. The minimum absolute atomic E-state index is 0.285. The van der Waals surface area contributed by atoms with Gasteiger partial charge in [0.05, 0.1) is 20.3 Å². The van der Waals surface area contributed by atoms with E-state index in [0.29, 0.717) is 19.7 Å². The van der Waals surface area contributed by atoms with Gasteiger partial charge < -0.3 is 24.6 Å².